The highest BCUT2D eigenvalue weighted by Crippen LogP contribution is 2.25. The van der Waals surface area contributed by atoms with E-state index in [0.29, 0.717) is 0 Å². The van der Waals surface area contributed by atoms with Crippen molar-refractivity contribution in [1.29, 1.82) is 0 Å². The van der Waals surface area contributed by atoms with Crippen LogP contribution in [0.1, 0.15) is 40.1 Å². The third kappa shape index (κ3) is 3.88. The fourth-order valence-electron chi connectivity index (χ4n) is 2.40. The van der Waals surface area contributed by atoms with Gasteiger partial charge in [-0.1, -0.05) is 11.6 Å². The molecule has 1 aromatic rings. The zero-order chi connectivity index (χ0) is 19.4. The van der Waals surface area contributed by atoms with Crippen LogP contribution in [-0.4, -0.2) is 53.9 Å². The van der Waals surface area contributed by atoms with Crippen LogP contribution in [0.15, 0.2) is 18.2 Å². The van der Waals surface area contributed by atoms with E-state index in [9.17, 15) is 24.0 Å². The van der Waals surface area contributed by atoms with Gasteiger partial charge < -0.3 is 9.47 Å². The zero-order valence-electron chi connectivity index (χ0n) is 14.5. The van der Waals surface area contributed by atoms with E-state index in [2.05, 4.69) is 4.74 Å². The van der Waals surface area contributed by atoms with Crippen molar-refractivity contribution in [3.05, 3.63) is 34.9 Å². The number of nitrogens with zero attached hydrogens (tertiary/aromatic N) is 1. The van der Waals surface area contributed by atoms with E-state index < -0.39 is 42.4 Å². The third-order valence-electron chi connectivity index (χ3n) is 3.66. The monoisotopic (exact) mass is 362 g/mol. The minimum absolute atomic E-state index is 0.0785. The van der Waals surface area contributed by atoms with Gasteiger partial charge in [-0.05, 0) is 32.9 Å². The first kappa shape index (κ1) is 19.1. The third-order valence-corrected chi connectivity index (χ3v) is 3.66. The van der Waals surface area contributed by atoms with Gasteiger partial charge in [-0.25, -0.2) is 9.59 Å². The van der Waals surface area contributed by atoms with Gasteiger partial charge in [-0.15, -0.1) is 0 Å². The molecule has 26 heavy (non-hydrogen) atoms. The molecule has 1 aliphatic rings. The number of rotatable bonds is 5. The van der Waals surface area contributed by atoms with Gasteiger partial charge in [0.05, 0.1) is 17.7 Å². The van der Waals surface area contributed by atoms with Crippen LogP contribution in [-0.2, 0) is 19.1 Å². The van der Waals surface area contributed by atoms with Crippen molar-refractivity contribution in [2.45, 2.75) is 26.8 Å². The summed E-state index contributed by atoms with van der Waals surface area (Å²) in [4.78, 5) is 60.2. The van der Waals surface area contributed by atoms with E-state index in [-0.39, 0.29) is 17.7 Å². The average Bonchev–Trinajstić information content (AvgIpc) is 2.82. The van der Waals surface area contributed by atoms with Crippen LogP contribution in [0.4, 0.5) is 4.79 Å². The smallest absolute Gasteiger partial charge is 0.413 e. The van der Waals surface area contributed by atoms with Crippen molar-refractivity contribution in [2.75, 3.05) is 13.2 Å². The number of fused-ring (bicyclic) bond motifs is 1. The van der Waals surface area contributed by atoms with Crippen LogP contribution in [0, 0.1) is 6.92 Å². The fourth-order valence-corrected chi connectivity index (χ4v) is 2.40. The van der Waals surface area contributed by atoms with Gasteiger partial charge >= 0.3 is 12.1 Å². The molecule has 9 heteroatoms. The molecule has 1 aromatic carbocycles. The lowest BCUT2D eigenvalue weighted by Gasteiger charge is -2.20. The average molecular weight is 362 g/mol. The second kappa shape index (κ2) is 7.77. The Morgan fingerprint density at radius 3 is 2.42 bits per heavy atom. The number of aryl methyl sites for hydroxylation is 1. The molecule has 0 spiro atoms. The Morgan fingerprint density at radius 2 is 1.77 bits per heavy atom. The molecule has 0 saturated carbocycles. The molecule has 1 aliphatic heterocycles. The van der Waals surface area contributed by atoms with Crippen LogP contribution in [0.5, 0.6) is 0 Å². The second-order valence-electron chi connectivity index (χ2n) is 5.58. The first-order chi connectivity index (χ1) is 12.3. The molecule has 9 nitrogen and oxygen atoms in total. The number of benzene rings is 1. The summed E-state index contributed by atoms with van der Waals surface area (Å²) in [6.07, 6.45) is -0.961. The van der Waals surface area contributed by atoms with Crippen LogP contribution in [0.25, 0.3) is 0 Å². The largest absolute Gasteiger partial charge is 0.454 e. The first-order valence-electron chi connectivity index (χ1n) is 7.88. The number of esters is 1. The lowest BCUT2D eigenvalue weighted by Crippen LogP contribution is -2.44. The van der Waals surface area contributed by atoms with Crippen LogP contribution < -0.4 is 5.32 Å². The lowest BCUT2D eigenvalue weighted by molar-refractivity contribution is -0.151. The van der Waals surface area contributed by atoms with Crippen molar-refractivity contribution in [3.63, 3.8) is 0 Å². The molecule has 0 saturated heterocycles. The van der Waals surface area contributed by atoms with Crippen LogP contribution in [0.3, 0.4) is 0 Å². The SMILES string of the molecule is CCOC(=O)NC(=O)COC(=O)C(C)N1C(=O)c2ccc(C)cc2C1=O. The van der Waals surface area contributed by atoms with E-state index >= 15 is 0 Å². The summed E-state index contributed by atoms with van der Waals surface area (Å²) in [6.45, 7) is 4.00. The van der Waals surface area contributed by atoms with E-state index in [4.69, 9.17) is 4.74 Å². The Morgan fingerprint density at radius 1 is 1.12 bits per heavy atom. The molecule has 1 atom stereocenters. The maximum Gasteiger partial charge on any atom is 0.413 e. The molecular weight excluding hydrogens is 344 g/mol. The Kier molecular flexibility index (Phi) is 5.71. The molecule has 1 heterocycles. The number of nitrogens with one attached hydrogen (secondary N) is 1. The standard InChI is InChI=1S/C17H18N2O7/c1-4-25-17(24)18-13(20)8-26-16(23)10(3)19-14(21)11-6-5-9(2)7-12(11)15(19)22/h5-7,10H,4,8H2,1-3H3,(H,18,20,24). The number of imide groups is 2. The van der Waals surface area contributed by atoms with Gasteiger partial charge in [0.15, 0.2) is 6.61 Å². The van der Waals surface area contributed by atoms with Crippen molar-refractivity contribution in [3.8, 4) is 0 Å². The Hall–Kier alpha value is -3.23. The highest BCUT2D eigenvalue weighted by molar-refractivity contribution is 6.22. The summed E-state index contributed by atoms with van der Waals surface area (Å²) in [5.41, 5.74) is 1.23. The number of hydrogen-bond donors (Lipinski definition) is 1. The Labute approximate surface area is 149 Å². The van der Waals surface area contributed by atoms with Gasteiger partial charge in [0.2, 0.25) is 0 Å². The van der Waals surface area contributed by atoms with Crippen molar-refractivity contribution in [1.82, 2.24) is 10.2 Å². The molecule has 0 aliphatic carbocycles. The molecule has 0 radical (unpaired) electrons. The number of hydrogen-bond acceptors (Lipinski definition) is 7. The molecule has 138 valence electrons. The first-order valence-corrected chi connectivity index (χ1v) is 7.88. The summed E-state index contributed by atoms with van der Waals surface area (Å²) in [5.74, 6) is -3.04. The van der Waals surface area contributed by atoms with Crippen molar-refractivity contribution < 1.29 is 33.4 Å². The summed E-state index contributed by atoms with van der Waals surface area (Å²) >= 11 is 0. The van der Waals surface area contributed by atoms with E-state index in [0.717, 1.165) is 10.5 Å². The topological polar surface area (TPSA) is 119 Å². The quantitative estimate of drug-likeness (QED) is 0.607. The molecule has 4 amide bonds. The van der Waals surface area contributed by atoms with Gasteiger partial charge in [0.1, 0.15) is 6.04 Å². The van der Waals surface area contributed by atoms with E-state index in [1.807, 2.05) is 5.32 Å². The number of alkyl carbamates (subject to hydrolysis) is 1. The Balaban J connectivity index is 1.99. The minimum atomic E-state index is -1.22. The maximum absolute atomic E-state index is 12.4. The van der Waals surface area contributed by atoms with Gasteiger partial charge in [0, 0.05) is 0 Å². The lowest BCUT2D eigenvalue weighted by atomic mass is 10.1. The number of ether oxygens (including phenoxy) is 2. The van der Waals surface area contributed by atoms with Crippen molar-refractivity contribution in [2.24, 2.45) is 0 Å². The molecule has 0 aromatic heterocycles. The van der Waals surface area contributed by atoms with Gasteiger partial charge in [-0.2, -0.15) is 0 Å². The number of carbonyl (C=O) groups excluding carboxylic acids is 5. The summed E-state index contributed by atoms with van der Waals surface area (Å²) in [5, 5.41) is 1.86. The predicted molar refractivity (Wildman–Crippen MR) is 87.3 cm³/mol. The molecule has 1 N–H and O–H groups in total. The van der Waals surface area contributed by atoms with E-state index in [1.165, 1.54) is 13.0 Å². The molecule has 2 rings (SSSR count). The minimum Gasteiger partial charge on any atom is -0.454 e. The van der Waals surface area contributed by atoms with Crippen molar-refractivity contribution >= 4 is 29.8 Å². The maximum atomic E-state index is 12.4. The highest BCUT2D eigenvalue weighted by atomic mass is 16.6. The van der Waals surface area contributed by atoms with Crippen LogP contribution in [0.2, 0.25) is 0 Å². The van der Waals surface area contributed by atoms with E-state index in [1.54, 1.807) is 26.0 Å². The molecule has 0 fully saturated rings. The number of carbonyl (C=O) groups is 5. The summed E-state index contributed by atoms with van der Waals surface area (Å²) in [6, 6.07) is 3.56. The highest BCUT2D eigenvalue weighted by Gasteiger charge is 2.41. The fraction of sp³-hybridized carbons (Fsp3) is 0.353. The summed E-state index contributed by atoms with van der Waals surface area (Å²) in [7, 11) is 0. The van der Waals surface area contributed by atoms with Gasteiger partial charge in [0.25, 0.3) is 17.7 Å². The normalized spacial score (nSPS) is 13.9. The van der Waals surface area contributed by atoms with Gasteiger partial charge in [-0.3, -0.25) is 24.6 Å². The second-order valence-corrected chi connectivity index (χ2v) is 5.58. The summed E-state index contributed by atoms with van der Waals surface area (Å²) < 4.78 is 9.28. The molecule has 1 unspecified atom stereocenters. The zero-order valence-corrected chi connectivity index (χ0v) is 14.5. The Bertz CT molecular complexity index is 787. The van der Waals surface area contributed by atoms with Crippen LogP contribution >= 0.6 is 0 Å². The molecular formula is C17H18N2O7. The predicted octanol–water partition coefficient (Wildman–Crippen LogP) is 0.795. The number of amides is 4. The molecule has 0 bridgehead atoms.